The Bertz CT molecular complexity index is 314. The van der Waals surface area contributed by atoms with Crippen molar-refractivity contribution >= 4 is 0 Å². The largest absolute Gasteiger partial charge is 0.379 e. The smallest absolute Gasteiger partial charge is 0.105 e. The van der Waals surface area contributed by atoms with E-state index in [1.807, 2.05) is 0 Å². The topological polar surface area (TPSA) is 32.3 Å². The first-order valence-electron chi connectivity index (χ1n) is 7.27. The lowest BCUT2D eigenvalue weighted by molar-refractivity contribution is 0.0938. The Balaban J connectivity index is 1.55. The van der Waals surface area contributed by atoms with Crippen molar-refractivity contribution in [3.8, 4) is 0 Å². The Hall–Kier alpha value is -0.0800. The maximum absolute atomic E-state index is 9.80. The summed E-state index contributed by atoms with van der Waals surface area (Å²) in [6, 6.07) is 0.695. The highest BCUT2D eigenvalue weighted by atomic mass is 16.3. The van der Waals surface area contributed by atoms with Crippen LogP contribution in [-0.2, 0) is 0 Å². The van der Waals surface area contributed by atoms with E-state index in [4.69, 9.17) is 0 Å². The molecule has 1 saturated heterocycles. The van der Waals surface area contributed by atoms with Gasteiger partial charge in [0.15, 0.2) is 0 Å². The highest BCUT2D eigenvalue weighted by Crippen LogP contribution is 2.69. The van der Waals surface area contributed by atoms with Crippen LogP contribution in [0.4, 0.5) is 0 Å². The minimum Gasteiger partial charge on any atom is -0.379 e. The minimum atomic E-state index is -0.184. The molecule has 88 valence electrons. The van der Waals surface area contributed by atoms with Crippen molar-refractivity contribution in [1.29, 1.82) is 0 Å². The summed E-state index contributed by atoms with van der Waals surface area (Å²) >= 11 is 0. The number of hydrogen-bond acceptors (Lipinski definition) is 2. The van der Waals surface area contributed by atoms with Crippen LogP contribution in [0.1, 0.15) is 32.1 Å². The van der Waals surface area contributed by atoms with Gasteiger partial charge in [-0.05, 0) is 73.5 Å². The molecule has 1 aliphatic heterocycles. The van der Waals surface area contributed by atoms with Gasteiger partial charge in [0.2, 0.25) is 0 Å². The summed E-state index contributed by atoms with van der Waals surface area (Å²) < 4.78 is 0. The molecule has 4 aliphatic carbocycles. The van der Waals surface area contributed by atoms with Gasteiger partial charge < -0.3 is 5.11 Å². The zero-order valence-corrected chi connectivity index (χ0v) is 9.68. The molecule has 2 nitrogen and oxygen atoms in total. The summed E-state index contributed by atoms with van der Waals surface area (Å²) in [6.45, 7) is 0. The van der Waals surface area contributed by atoms with Gasteiger partial charge in [-0.2, -0.15) is 0 Å². The minimum absolute atomic E-state index is 0.184. The van der Waals surface area contributed by atoms with E-state index in [1.54, 1.807) is 6.42 Å². The van der Waals surface area contributed by atoms with Crippen molar-refractivity contribution in [2.75, 3.05) is 0 Å². The molecule has 0 amide bonds. The van der Waals surface area contributed by atoms with Crippen molar-refractivity contribution in [2.24, 2.45) is 41.4 Å². The quantitative estimate of drug-likeness (QED) is 0.606. The van der Waals surface area contributed by atoms with Gasteiger partial charge in [-0.25, -0.2) is 0 Å². The molecule has 5 fully saturated rings. The maximum Gasteiger partial charge on any atom is 0.105 e. The summed E-state index contributed by atoms with van der Waals surface area (Å²) in [4.78, 5) is 0. The van der Waals surface area contributed by atoms with Gasteiger partial charge in [-0.3, -0.25) is 5.32 Å². The molecule has 0 aromatic heterocycles. The number of aliphatic hydroxyl groups excluding tert-OH is 1. The number of rotatable bonds is 0. The molecule has 4 bridgehead atoms. The predicted octanol–water partition coefficient (Wildman–Crippen LogP) is 1.59. The van der Waals surface area contributed by atoms with Gasteiger partial charge in [0.25, 0.3) is 0 Å². The molecule has 0 radical (unpaired) electrons. The van der Waals surface area contributed by atoms with Crippen molar-refractivity contribution < 1.29 is 5.11 Å². The Morgan fingerprint density at radius 2 is 1.56 bits per heavy atom. The molecule has 0 aromatic carbocycles. The van der Waals surface area contributed by atoms with Crippen LogP contribution >= 0.6 is 0 Å². The number of aliphatic hydroxyl groups is 1. The Kier molecular flexibility index (Phi) is 1.49. The summed E-state index contributed by atoms with van der Waals surface area (Å²) in [5.41, 5.74) is 0. The van der Waals surface area contributed by atoms with Crippen LogP contribution in [-0.4, -0.2) is 17.4 Å². The molecular formula is C14H21NO. The van der Waals surface area contributed by atoms with E-state index < -0.39 is 0 Å². The molecule has 0 spiro atoms. The number of hydrogen-bond donors (Lipinski definition) is 2. The second-order valence-electron chi connectivity index (χ2n) is 7.16. The summed E-state index contributed by atoms with van der Waals surface area (Å²) in [5.74, 6) is 7.06. The molecule has 4 saturated carbocycles. The Labute approximate surface area is 96.8 Å². The van der Waals surface area contributed by atoms with Crippen molar-refractivity contribution in [2.45, 2.75) is 44.4 Å². The van der Waals surface area contributed by atoms with Gasteiger partial charge in [0.1, 0.15) is 6.23 Å². The lowest BCUT2D eigenvalue weighted by Gasteiger charge is -2.40. The second kappa shape index (κ2) is 2.67. The average molecular weight is 219 g/mol. The Morgan fingerprint density at radius 3 is 2.38 bits per heavy atom. The fourth-order valence-electron chi connectivity index (χ4n) is 6.83. The normalized spacial score (nSPS) is 69.9. The van der Waals surface area contributed by atoms with Gasteiger partial charge in [-0.15, -0.1) is 0 Å². The number of nitrogens with one attached hydrogen (secondary N) is 1. The summed E-state index contributed by atoms with van der Waals surface area (Å²) in [7, 11) is 0. The van der Waals surface area contributed by atoms with Crippen LogP contribution in [0.3, 0.4) is 0 Å². The van der Waals surface area contributed by atoms with E-state index in [-0.39, 0.29) is 6.23 Å². The summed E-state index contributed by atoms with van der Waals surface area (Å²) in [6.07, 6.45) is 6.97. The van der Waals surface area contributed by atoms with E-state index in [9.17, 15) is 5.11 Å². The SMILES string of the molecule is OC1CC2C3CC(C2N1)C1C2CCC(C2)C31. The first-order chi connectivity index (χ1) is 7.83. The number of fused-ring (bicyclic) bond motifs is 12. The van der Waals surface area contributed by atoms with Crippen LogP contribution < -0.4 is 5.32 Å². The maximum atomic E-state index is 9.80. The van der Waals surface area contributed by atoms with Gasteiger partial charge in [0.05, 0.1) is 0 Å². The third kappa shape index (κ3) is 0.830. The molecule has 9 atom stereocenters. The summed E-state index contributed by atoms with van der Waals surface area (Å²) in [5, 5.41) is 13.3. The first kappa shape index (κ1) is 8.93. The van der Waals surface area contributed by atoms with E-state index in [1.165, 1.54) is 19.3 Å². The second-order valence-corrected chi connectivity index (χ2v) is 7.16. The zero-order valence-electron chi connectivity index (χ0n) is 9.68. The fourth-order valence-corrected chi connectivity index (χ4v) is 6.83. The molecule has 2 N–H and O–H groups in total. The molecule has 0 aromatic rings. The van der Waals surface area contributed by atoms with Crippen LogP contribution in [0.15, 0.2) is 0 Å². The first-order valence-corrected chi connectivity index (χ1v) is 7.27. The molecule has 16 heavy (non-hydrogen) atoms. The monoisotopic (exact) mass is 219 g/mol. The highest BCUT2D eigenvalue weighted by molar-refractivity contribution is 5.17. The van der Waals surface area contributed by atoms with Crippen LogP contribution in [0, 0.1) is 41.4 Å². The van der Waals surface area contributed by atoms with Crippen LogP contribution in [0.2, 0.25) is 0 Å². The molecule has 2 heteroatoms. The molecule has 5 aliphatic rings. The molecule has 5 rings (SSSR count). The molecular weight excluding hydrogens is 198 g/mol. The average Bonchev–Trinajstić information content (AvgIpc) is 2.98. The van der Waals surface area contributed by atoms with E-state index in [0.717, 1.165) is 47.8 Å². The van der Waals surface area contributed by atoms with E-state index in [2.05, 4.69) is 5.32 Å². The lowest BCUT2D eigenvalue weighted by Crippen LogP contribution is -2.44. The lowest BCUT2D eigenvalue weighted by atomic mass is 9.66. The highest BCUT2D eigenvalue weighted by Gasteiger charge is 2.66. The molecule has 9 unspecified atom stereocenters. The zero-order chi connectivity index (χ0) is 10.4. The van der Waals surface area contributed by atoms with Crippen molar-refractivity contribution in [3.63, 3.8) is 0 Å². The standard InChI is InChI=1S/C14H21NO/c16-11-5-9-8-4-10(14(9)15-11)13-7-2-1-6(3-7)12(8)13/h6-16H,1-5H2. The van der Waals surface area contributed by atoms with Crippen LogP contribution in [0.25, 0.3) is 0 Å². The third-order valence-electron chi connectivity index (χ3n) is 6.93. The van der Waals surface area contributed by atoms with Crippen LogP contribution in [0.5, 0.6) is 0 Å². The molecule has 1 heterocycles. The van der Waals surface area contributed by atoms with Gasteiger partial charge in [-0.1, -0.05) is 0 Å². The van der Waals surface area contributed by atoms with Crippen molar-refractivity contribution in [1.82, 2.24) is 5.32 Å². The van der Waals surface area contributed by atoms with Gasteiger partial charge >= 0.3 is 0 Å². The van der Waals surface area contributed by atoms with E-state index >= 15 is 0 Å². The fraction of sp³-hybridized carbons (Fsp3) is 1.00. The van der Waals surface area contributed by atoms with Crippen molar-refractivity contribution in [3.05, 3.63) is 0 Å². The third-order valence-corrected chi connectivity index (χ3v) is 6.93. The predicted molar refractivity (Wildman–Crippen MR) is 60.4 cm³/mol. The van der Waals surface area contributed by atoms with Gasteiger partial charge in [0, 0.05) is 6.04 Å². The Morgan fingerprint density at radius 1 is 0.812 bits per heavy atom. The van der Waals surface area contributed by atoms with E-state index in [0.29, 0.717) is 6.04 Å².